The molecule has 78 heavy (non-hydrogen) atoms. The minimum atomic E-state index is 0.186. The second-order valence-electron chi connectivity index (χ2n) is 21.5. The van der Waals surface area contributed by atoms with Crippen molar-refractivity contribution in [3.63, 3.8) is 0 Å². The van der Waals surface area contributed by atoms with Crippen LogP contribution in [0.2, 0.25) is 0 Å². The minimum absolute atomic E-state index is 0.186. The third-order valence-electron chi connectivity index (χ3n) is 16.4. The standard InChI is InChI=1S/C74H62N2O2/c1-8-49-22-15-27-54(42-49)76(67-35-19-33-62-61-32-17-31-60(73(61)78-74(62)67)57-29-13-11-23-50(57)9-2)68-41-48(7)56-36-38-64-69(44-65(45(3)4)59-37-39-63(68)70(56)71(59)64)75(53-26-14-20-46(5)40-53)66-34-18-30-58(72(66)77)52-25-16-24-51(43-52)55-28-12-10-21-47(55)6/h10-45,77H,8-9H2,1-7H3. The molecule has 0 bridgehead atoms. The number of nitrogens with zero attached hydrogens (tertiary/aromatic N) is 2. The van der Waals surface area contributed by atoms with Crippen LogP contribution in [0.15, 0.2) is 217 Å². The lowest BCUT2D eigenvalue weighted by Gasteiger charge is -2.31. The molecule has 0 unspecified atom stereocenters. The van der Waals surface area contributed by atoms with Crippen molar-refractivity contribution in [2.24, 2.45) is 0 Å². The Kier molecular flexibility index (Phi) is 12.1. The summed E-state index contributed by atoms with van der Waals surface area (Å²) in [5.74, 6) is 0.410. The molecule has 0 amide bonds. The van der Waals surface area contributed by atoms with Crippen molar-refractivity contribution in [2.75, 3.05) is 9.80 Å². The molecule has 1 N–H and O–H groups in total. The Bertz CT molecular complexity index is 4460. The Morgan fingerprint density at radius 3 is 1.74 bits per heavy atom. The van der Waals surface area contributed by atoms with Crippen molar-refractivity contribution in [3.8, 4) is 39.1 Å². The van der Waals surface area contributed by atoms with Crippen molar-refractivity contribution in [3.05, 3.63) is 246 Å². The van der Waals surface area contributed by atoms with Gasteiger partial charge in [0.2, 0.25) is 0 Å². The Hall–Kier alpha value is -9.12. The Balaban J connectivity index is 1.07. The van der Waals surface area contributed by atoms with E-state index < -0.39 is 0 Å². The van der Waals surface area contributed by atoms with E-state index in [9.17, 15) is 5.11 Å². The molecule has 0 fully saturated rings. The molecule has 0 aliphatic carbocycles. The highest BCUT2D eigenvalue weighted by atomic mass is 16.3. The number of rotatable bonds is 12. The predicted molar refractivity (Wildman–Crippen MR) is 332 cm³/mol. The van der Waals surface area contributed by atoms with E-state index in [2.05, 4.69) is 265 Å². The van der Waals surface area contributed by atoms with Gasteiger partial charge >= 0.3 is 0 Å². The zero-order chi connectivity index (χ0) is 53.3. The van der Waals surface area contributed by atoms with Crippen LogP contribution in [0, 0.1) is 20.8 Å². The molecule has 0 spiro atoms. The van der Waals surface area contributed by atoms with Crippen LogP contribution < -0.4 is 9.80 Å². The van der Waals surface area contributed by atoms with Gasteiger partial charge in [-0.2, -0.15) is 0 Å². The number of hydrogen-bond acceptors (Lipinski definition) is 4. The van der Waals surface area contributed by atoms with Crippen molar-refractivity contribution in [2.45, 2.75) is 67.2 Å². The number of furan rings is 1. The molecular formula is C74H62N2O2. The fraction of sp³-hybridized carbons (Fsp3) is 0.135. The van der Waals surface area contributed by atoms with E-state index in [1.54, 1.807) is 0 Å². The topological polar surface area (TPSA) is 39.9 Å². The number of fused-ring (bicyclic) bond motifs is 3. The first-order valence-electron chi connectivity index (χ1n) is 27.6. The average molecular weight is 1010 g/mol. The Morgan fingerprint density at radius 1 is 0.410 bits per heavy atom. The van der Waals surface area contributed by atoms with Crippen molar-refractivity contribution < 1.29 is 9.52 Å². The number of anilines is 6. The van der Waals surface area contributed by atoms with Gasteiger partial charge in [0.05, 0.1) is 22.7 Å². The molecule has 0 saturated heterocycles. The van der Waals surface area contributed by atoms with E-state index in [-0.39, 0.29) is 11.7 Å². The third kappa shape index (κ3) is 7.97. The van der Waals surface area contributed by atoms with E-state index in [0.717, 1.165) is 102 Å². The molecule has 12 aromatic carbocycles. The lowest BCUT2D eigenvalue weighted by atomic mass is 9.85. The number of para-hydroxylation sites is 3. The highest BCUT2D eigenvalue weighted by Gasteiger charge is 2.28. The summed E-state index contributed by atoms with van der Waals surface area (Å²) in [6.45, 7) is 15.6. The summed E-state index contributed by atoms with van der Waals surface area (Å²) in [6.07, 6.45) is 1.84. The third-order valence-corrected chi connectivity index (χ3v) is 16.4. The first-order chi connectivity index (χ1) is 38.1. The van der Waals surface area contributed by atoms with Crippen LogP contribution in [0.3, 0.4) is 0 Å². The molecule has 13 rings (SSSR count). The first kappa shape index (κ1) is 48.5. The summed E-state index contributed by atoms with van der Waals surface area (Å²) < 4.78 is 7.29. The van der Waals surface area contributed by atoms with E-state index in [4.69, 9.17) is 4.42 Å². The van der Waals surface area contributed by atoms with Gasteiger partial charge in [0.15, 0.2) is 5.58 Å². The predicted octanol–water partition coefficient (Wildman–Crippen LogP) is 21.3. The van der Waals surface area contributed by atoms with Crippen LogP contribution in [0.25, 0.3) is 87.6 Å². The van der Waals surface area contributed by atoms with Crippen LogP contribution in [0.4, 0.5) is 34.1 Å². The normalized spacial score (nSPS) is 11.8. The highest BCUT2D eigenvalue weighted by molar-refractivity contribution is 6.30. The molecule has 4 nitrogen and oxygen atoms in total. The largest absolute Gasteiger partial charge is 0.505 e. The molecular weight excluding hydrogens is 949 g/mol. The second kappa shape index (κ2) is 19.5. The average Bonchev–Trinajstić information content (AvgIpc) is 3.85. The van der Waals surface area contributed by atoms with Gasteiger partial charge in [-0.25, -0.2) is 0 Å². The highest BCUT2D eigenvalue weighted by Crippen LogP contribution is 2.53. The first-order valence-corrected chi connectivity index (χ1v) is 27.6. The number of phenolic OH excluding ortho intramolecular Hbond substituents is 1. The molecule has 0 atom stereocenters. The van der Waals surface area contributed by atoms with Gasteiger partial charge in [-0.05, 0) is 171 Å². The SMILES string of the molecule is CCc1cccc(N(c2cc(C)c3ccc4c(N(c5cccc(C)c5)c5cccc(-c6cccc(-c7ccccc7C)c6)c5O)cc(C(C)C)c5ccc2c3c54)c2cccc3c2oc2c(-c4ccccc4CC)cccc23)c1. The lowest BCUT2D eigenvalue weighted by Crippen LogP contribution is -2.13. The van der Waals surface area contributed by atoms with Crippen LogP contribution in [-0.4, -0.2) is 5.11 Å². The maximum Gasteiger partial charge on any atom is 0.159 e. The molecule has 0 aliphatic rings. The van der Waals surface area contributed by atoms with Gasteiger partial charge in [0, 0.05) is 44.0 Å². The van der Waals surface area contributed by atoms with Crippen LogP contribution in [0.1, 0.15) is 67.0 Å². The quantitative estimate of drug-likeness (QED) is 0.124. The van der Waals surface area contributed by atoms with Crippen LogP contribution >= 0.6 is 0 Å². The van der Waals surface area contributed by atoms with E-state index in [0.29, 0.717) is 5.69 Å². The second-order valence-corrected chi connectivity index (χ2v) is 21.5. The van der Waals surface area contributed by atoms with Gasteiger partial charge in [-0.15, -0.1) is 0 Å². The number of hydrogen-bond donors (Lipinski definition) is 1. The Labute approximate surface area is 457 Å². The monoisotopic (exact) mass is 1010 g/mol. The van der Waals surface area contributed by atoms with Gasteiger partial charge in [0.1, 0.15) is 11.3 Å². The Morgan fingerprint density at radius 2 is 0.987 bits per heavy atom. The molecule has 0 aliphatic heterocycles. The summed E-state index contributed by atoms with van der Waals surface area (Å²) >= 11 is 0. The van der Waals surface area contributed by atoms with Gasteiger partial charge in [0.25, 0.3) is 0 Å². The molecule has 0 saturated carbocycles. The summed E-state index contributed by atoms with van der Waals surface area (Å²) in [6, 6.07) is 76.9. The maximum atomic E-state index is 12.9. The van der Waals surface area contributed by atoms with Crippen molar-refractivity contribution in [1.29, 1.82) is 0 Å². The number of phenols is 1. The molecule has 4 heteroatoms. The van der Waals surface area contributed by atoms with E-state index >= 15 is 0 Å². The summed E-state index contributed by atoms with van der Waals surface area (Å²) in [4.78, 5) is 4.74. The van der Waals surface area contributed by atoms with Gasteiger partial charge in [-0.3, -0.25) is 0 Å². The van der Waals surface area contributed by atoms with E-state index in [1.165, 1.54) is 60.5 Å². The number of benzene rings is 12. The summed E-state index contributed by atoms with van der Waals surface area (Å²) in [7, 11) is 0. The van der Waals surface area contributed by atoms with Crippen molar-refractivity contribution in [1.82, 2.24) is 0 Å². The zero-order valence-electron chi connectivity index (χ0n) is 45.4. The number of aromatic hydroxyl groups is 1. The summed E-state index contributed by atoms with van der Waals surface area (Å²) in [5.41, 5.74) is 21.2. The fourth-order valence-corrected chi connectivity index (χ4v) is 12.5. The zero-order valence-corrected chi connectivity index (χ0v) is 45.4. The van der Waals surface area contributed by atoms with Crippen LogP contribution in [0.5, 0.6) is 5.75 Å². The van der Waals surface area contributed by atoms with Crippen LogP contribution in [-0.2, 0) is 12.8 Å². The maximum absolute atomic E-state index is 12.9. The fourth-order valence-electron chi connectivity index (χ4n) is 12.5. The minimum Gasteiger partial charge on any atom is -0.505 e. The van der Waals surface area contributed by atoms with Gasteiger partial charge in [-0.1, -0.05) is 185 Å². The molecule has 13 aromatic rings. The molecule has 380 valence electrons. The molecule has 1 heterocycles. The van der Waals surface area contributed by atoms with E-state index in [1.807, 2.05) is 6.07 Å². The number of aryl methyl sites for hydroxylation is 5. The molecule has 1 aromatic heterocycles. The molecule has 0 radical (unpaired) electrons. The summed E-state index contributed by atoms with van der Waals surface area (Å²) in [5, 5.41) is 22.2. The lowest BCUT2D eigenvalue weighted by molar-refractivity contribution is 0.478. The van der Waals surface area contributed by atoms with Gasteiger partial charge < -0.3 is 19.3 Å². The van der Waals surface area contributed by atoms with Crippen molar-refractivity contribution >= 4 is 88.4 Å². The smallest absolute Gasteiger partial charge is 0.159 e.